The number of hydrogen-bond donors (Lipinski definition) is 2. The molecule has 0 radical (unpaired) electrons. The fourth-order valence-electron chi connectivity index (χ4n) is 2.73. The second-order valence-electron chi connectivity index (χ2n) is 7.26. The topological polar surface area (TPSA) is 69.6 Å². The average molecular weight is 318 g/mol. The first-order chi connectivity index (χ1) is 10.7. The number of carboxylic acids is 1. The number of para-hydroxylation sites is 1. The van der Waals surface area contributed by atoms with E-state index in [1.807, 2.05) is 24.3 Å². The Kier molecular flexibility index (Phi) is 5.09. The van der Waals surface area contributed by atoms with Crippen LogP contribution >= 0.6 is 0 Å². The molecule has 1 saturated carbocycles. The third-order valence-electron chi connectivity index (χ3n) is 4.21. The van der Waals surface area contributed by atoms with E-state index in [0.717, 1.165) is 24.1 Å². The first-order valence-electron chi connectivity index (χ1n) is 8.08. The van der Waals surface area contributed by atoms with E-state index in [-0.39, 0.29) is 23.9 Å². The number of rotatable bonds is 6. The fourth-order valence-corrected chi connectivity index (χ4v) is 2.73. The molecular weight excluding hydrogens is 292 g/mol. The summed E-state index contributed by atoms with van der Waals surface area (Å²) in [6.07, 6.45) is 1.92. The minimum absolute atomic E-state index is 0.0750. The molecule has 0 saturated heterocycles. The molecule has 0 bridgehead atoms. The Balaban J connectivity index is 2.09. The van der Waals surface area contributed by atoms with Crippen LogP contribution in [0.3, 0.4) is 0 Å². The summed E-state index contributed by atoms with van der Waals surface area (Å²) in [4.78, 5) is 25.4. The Bertz CT molecular complexity index is 588. The number of nitrogens with one attached hydrogen (secondary N) is 1. The number of nitrogens with zero attached hydrogens (tertiary/aromatic N) is 1. The van der Waals surface area contributed by atoms with Gasteiger partial charge in [0.1, 0.15) is 6.04 Å². The van der Waals surface area contributed by atoms with Gasteiger partial charge in [-0.2, -0.15) is 0 Å². The van der Waals surface area contributed by atoms with Crippen molar-refractivity contribution in [2.24, 2.45) is 0 Å². The van der Waals surface area contributed by atoms with Crippen LogP contribution in [-0.2, 0) is 15.0 Å². The lowest BCUT2D eigenvalue weighted by Crippen LogP contribution is -2.45. The third kappa shape index (κ3) is 4.55. The van der Waals surface area contributed by atoms with Gasteiger partial charge >= 0.3 is 5.97 Å². The van der Waals surface area contributed by atoms with Gasteiger partial charge in [0.05, 0.1) is 6.54 Å². The second-order valence-corrected chi connectivity index (χ2v) is 7.26. The summed E-state index contributed by atoms with van der Waals surface area (Å²) in [6.45, 7) is 8.04. The van der Waals surface area contributed by atoms with Crippen molar-refractivity contribution in [3.8, 4) is 0 Å². The quantitative estimate of drug-likeness (QED) is 0.846. The predicted octanol–water partition coefficient (Wildman–Crippen LogP) is 2.86. The van der Waals surface area contributed by atoms with Crippen molar-refractivity contribution < 1.29 is 14.7 Å². The van der Waals surface area contributed by atoms with Gasteiger partial charge in [-0.15, -0.1) is 0 Å². The molecule has 1 aliphatic rings. The molecule has 0 heterocycles. The zero-order valence-electron chi connectivity index (χ0n) is 14.3. The molecule has 1 unspecified atom stereocenters. The van der Waals surface area contributed by atoms with Crippen LogP contribution in [0.5, 0.6) is 0 Å². The Labute approximate surface area is 137 Å². The van der Waals surface area contributed by atoms with Crippen molar-refractivity contribution in [1.82, 2.24) is 4.90 Å². The molecule has 126 valence electrons. The summed E-state index contributed by atoms with van der Waals surface area (Å²) in [5.41, 5.74) is 1.79. The maximum Gasteiger partial charge on any atom is 0.320 e. The van der Waals surface area contributed by atoms with E-state index in [0.29, 0.717) is 0 Å². The maximum absolute atomic E-state index is 12.4. The summed E-state index contributed by atoms with van der Waals surface area (Å²) in [7, 11) is 0. The SMILES string of the molecule is CC(C(=O)O)N(CC(=O)Nc1ccccc1C(C)(C)C)C1CC1. The van der Waals surface area contributed by atoms with Gasteiger partial charge in [0.2, 0.25) is 5.91 Å². The molecule has 1 amide bonds. The van der Waals surface area contributed by atoms with Gasteiger partial charge in [-0.3, -0.25) is 14.5 Å². The van der Waals surface area contributed by atoms with Gasteiger partial charge in [0.15, 0.2) is 0 Å². The van der Waals surface area contributed by atoms with Crippen LogP contribution < -0.4 is 5.32 Å². The van der Waals surface area contributed by atoms with Gasteiger partial charge in [-0.05, 0) is 36.8 Å². The molecule has 1 fully saturated rings. The highest BCUT2D eigenvalue weighted by Gasteiger charge is 2.36. The number of amides is 1. The normalized spacial score (nSPS) is 16.2. The van der Waals surface area contributed by atoms with E-state index in [1.54, 1.807) is 11.8 Å². The van der Waals surface area contributed by atoms with Crippen LogP contribution in [0.2, 0.25) is 0 Å². The Morgan fingerprint density at radius 1 is 1.30 bits per heavy atom. The van der Waals surface area contributed by atoms with E-state index in [4.69, 9.17) is 0 Å². The molecule has 0 spiro atoms. The van der Waals surface area contributed by atoms with E-state index < -0.39 is 12.0 Å². The zero-order valence-corrected chi connectivity index (χ0v) is 14.3. The minimum atomic E-state index is -0.889. The van der Waals surface area contributed by atoms with E-state index in [9.17, 15) is 14.7 Å². The molecule has 1 aromatic rings. The number of hydrogen-bond acceptors (Lipinski definition) is 3. The van der Waals surface area contributed by atoms with Gasteiger partial charge in [0, 0.05) is 11.7 Å². The van der Waals surface area contributed by atoms with E-state index in [2.05, 4.69) is 26.1 Å². The molecule has 1 aromatic carbocycles. The first-order valence-corrected chi connectivity index (χ1v) is 8.08. The number of carbonyl (C=O) groups is 2. The number of benzene rings is 1. The van der Waals surface area contributed by atoms with Crippen LogP contribution in [0.25, 0.3) is 0 Å². The average Bonchev–Trinajstić information content (AvgIpc) is 3.28. The van der Waals surface area contributed by atoms with Crippen LogP contribution in [0.4, 0.5) is 5.69 Å². The number of aliphatic carboxylic acids is 1. The Morgan fingerprint density at radius 2 is 1.91 bits per heavy atom. The lowest BCUT2D eigenvalue weighted by atomic mass is 9.86. The predicted molar refractivity (Wildman–Crippen MR) is 90.6 cm³/mol. The van der Waals surface area contributed by atoms with Gasteiger partial charge in [-0.1, -0.05) is 39.0 Å². The molecule has 5 heteroatoms. The summed E-state index contributed by atoms with van der Waals surface area (Å²) < 4.78 is 0. The smallest absolute Gasteiger partial charge is 0.320 e. The molecule has 5 nitrogen and oxygen atoms in total. The fraction of sp³-hybridized carbons (Fsp3) is 0.556. The van der Waals surface area contributed by atoms with Crippen molar-refractivity contribution in [3.63, 3.8) is 0 Å². The molecule has 1 atom stereocenters. The molecule has 0 aliphatic heterocycles. The monoisotopic (exact) mass is 318 g/mol. The Hall–Kier alpha value is -1.88. The van der Waals surface area contributed by atoms with Crippen molar-refractivity contribution in [1.29, 1.82) is 0 Å². The van der Waals surface area contributed by atoms with Crippen LogP contribution in [-0.4, -0.2) is 40.5 Å². The Morgan fingerprint density at radius 3 is 2.43 bits per heavy atom. The molecule has 2 N–H and O–H groups in total. The zero-order chi connectivity index (χ0) is 17.2. The van der Waals surface area contributed by atoms with Crippen molar-refractivity contribution in [2.45, 2.75) is 58.0 Å². The minimum Gasteiger partial charge on any atom is -0.480 e. The first kappa shape index (κ1) is 17.5. The highest BCUT2D eigenvalue weighted by molar-refractivity contribution is 5.93. The molecule has 23 heavy (non-hydrogen) atoms. The second kappa shape index (κ2) is 6.71. The highest BCUT2D eigenvalue weighted by Crippen LogP contribution is 2.30. The molecule has 1 aliphatic carbocycles. The lowest BCUT2D eigenvalue weighted by Gasteiger charge is -2.27. The van der Waals surface area contributed by atoms with Crippen LogP contribution in [0, 0.1) is 0 Å². The summed E-state index contributed by atoms with van der Waals surface area (Å²) >= 11 is 0. The van der Waals surface area contributed by atoms with Crippen molar-refractivity contribution in [3.05, 3.63) is 29.8 Å². The lowest BCUT2D eigenvalue weighted by molar-refractivity contribution is -0.143. The van der Waals surface area contributed by atoms with Gasteiger partial charge < -0.3 is 10.4 Å². The van der Waals surface area contributed by atoms with Crippen molar-refractivity contribution in [2.75, 3.05) is 11.9 Å². The van der Waals surface area contributed by atoms with Crippen LogP contribution in [0.15, 0.2) is 24.3 Å². The molecule has 0 aromatic heterocycles. The summed E-state index contributed by atoms with van der Waals surface area (Å²) in [5.74, 6) is -1.05. The number of carbonyl (C=O) groups excluding carboxylic acids is 1. The van der Waals surface area contributed by atoms with Gasteiger partial charge in [-0.25, -0.2) is 0 Å². The largest absolute Gasteiger partial charge is 0.480 e. The summed E-state index contributed by atoms with van der Waals surface area (Å²) in [5, 5.41) is 12.2. The van der Waals surface area contributed by atoms with E-state index in [1.165, 1.54) is 0 Å². The standard InChI is InChI=1S/C18H26N2O3/c1-12(17(22)23)20(13-9-10-13)11-16(21)19-15-8-6-5-7-14(15)18(2,3)4/h5-8,12-13H,9-11H2,1-4H3,(H,19,21)(H,22,23). The summed E-state index contributed by atoms with van der Waals surface area (Å²) in [6, 6.07) is 7.31. The number of anilines is 1. The van der Waals surface area contributed by atoms with Gasteiger partial charge in [0.25, 0.3) is 0 Å². The van der Waals surface area contributed by atoms with E-state index >= 15 is 0 Å². The van der Waals surface area contributed by atoms with Crippen molar-refractivity contribution >= 4 is 17.6 Å². The van der Waals surface area contributed by atoms with Crippen LogP contribution in [0.1, 0.15) is 46.1 Å². The molecule has 2 rings (SSSR count). The third-order valence-corrected chi connectivity index (χ3v) is 4.21. The maximum atomic E-state index is 12.4. The highest BCUT2D eigenvalue weighted by atomic mass is 16.4. The molecular formula is C18H26N2O3. The number of carboxylic acid groups (broad SMARTS) is 1.